The molecule has 53 heavy (non-hydrogen) atoms. The molecule has 12 nitrogen and oxygen atoms in total. The largest absolute Gasteiger partial charge is 0.493 e. The number of hydrogen-bond donors (Lipinski definition) is 1. The molecule has 14 heteroatoms. The minimum atomic E-state index is -0.826. The molecule has 1 aliphatic carbocycles. The molecule has 6 fully saturated rings. The van der Waals surface area contributed by atoms with Gasteiger partial charge in [0.25, 0.3) is 0 Å². The van der Waals surface area contributed by atoms with E-state index in [4.69, 9.17) is 40.3 Å². The van der Waals surface area contributed by atoms with Gasteiger partial charge in [0.15, 0.2) is 23.4 Å². The number of fused-ring (bicyclic) bond motifs is 3. The van der Waals surface area contributed by atoms with Crippen LogP contribution in [0.15, 0.2) is 36.7 Å². The summed E-state index contributed by atoms with van der Waals surface area (Å²) in [5.74, 6) is 1.65. The van der Waals surface area contributed by atoms with E-state index < -0.39 is 23.5 Å². The van der Waals surface area contributed by atoms with Crippen LogP contribution in [-0.4, -0.2) is 95.9 Å². The van der Waals surface area contributed by atoms with Gasteiger partial charge in [-0.25, -0.2) is 24.1 Å². The highest BCUT2D eigenvalue weighted by Gasteiger charge is 2.69. The first-order valence-electron chi connectivity index (χ1n) is 18.9. The number of rotatable bonds is 10. The van der Waals surface area contributed by atoms with Crippen molar-refractivity contribution in [2.45, 2.75) is 83.1 Å². The third-order valence-corrected chi connectivity index (χ3v) is 12.7. The lowest BCUT2D eigenvalue weighted by Crippen LogP contribution is -2.70. The van der Waals surface area contributed by atoms with Crippen LogP contribution in [0, 0.1) is 29.5 Å². The smallest absolute Gasteiger partial charge is 0.225 e. The van der Waals surface area contributed by atoms with Gasteiger partial charge in [-0.2, -0.15) is 0 Å². The van der Waals surface area contributed by atoms with E-state index in [-0.39, 0.29) is 28.9 Å². The maximum absolute atomic E-state index is 13.7. The van der Waals surface area contributed by atoms with Gasteiger partial charge in [0.2, 0.25) is 11.7 Å². The van der Waals surface area contributed by atoms with Crippen LogP contribution in [0.3, 0.4) is 0 Å². The van der Waals surface area contributed by atoms with E-state index in [1.165, 1.54) is 18.5 Å². The molecule has 0 radical (unpaired) electrons. The highest BCUT2D eigenvalue weighted by atomic mass is 35.5. The van der Waals surface area contributed by atoms with Gasteiger partial charge in [0.1, 0.15) is 18.0 Å². The standard InChI is InChI=1S/C39H49ClFN5O7/c1-23-6-8-28-24(2)32(50-37-39(28)27(23)10-11-38(3,51-37)52-53-39)21-35(47)46-15-13-45(14-16-46)12-5-17-49-34-19-26-31(20-33(34)48-4)42-22-43-36(26)44-25-7-9-30(41)29(40)18-25/h7,9,18-20,22-24,27-28,32,37H,5-6,8,10-17,21H2,1-4H3,(H,42,43,44)/t23-,24-,27?,28+,32-,37-,38?,39?/m1/s1. The van der Waals surface area contributed by atoms with E-state index >= 15 is 0 Å². The average molecular weight is 754 g/mol. The fourth-order valence-corrected chi connectivity index (χ4v) is 9.53. The Balaban J connectivity index is 0.834. The van der Waals surface area contributed by atoms with Gasteiger partial charge in [-0.15, -0.1) is 0 Å². The number of ether oxygens (including phenoxy) is 4. The van der Waals surface area contributed by atoms with Crippen LogP contribution in [0.5, 0.6) is 11.5 Å². The number of nitrogens with zero attached hydrogens (tertiary/aromatic N) is 4. The van der Waals surface area contributed by atoms with Crippen molar-refractivity contribution in [3.63, 3.8) is 0 Å². The van der Waals surface area contributed by atoms with Crippen molar-refractivity contribution in [3.8, 4) is 11.5 Å². The van der Waals surface area contributed by atoms with Crippen molar-refractivity contribution < 1.29 is 37.9 Å². The average Bonchev–Trinajstić information content (AvgIpc) is 3.39. The number of carbonyl (C=O) groups is 1. The first kappa shape index (κ1) is 36.6. The number of methoxy groups -OCH3 is 1. The SMILES string of the molecule is COc1cc2ncnc(Nc3ccc(F)c(Cl)c3)c2cc1OCCCN1CCN(C(=O)C[C@H]2O[C@@H]3OC4(C)CCC5[C@H](C)CC[C@@H]([C@H]2C)C53OO4)CC1. The first-order chi connectivity index (χ1) is 25.6. The van der Waals surface area contributed by atoms with Crippen LogP contribution in [0.2, 0.25) is 5.02 Å². The molecule has 2 aromatic carbocycles. The van der Waals surface area contributed by atoms with Crippen molar-refractivity contribution in [1.29, 1.82) is 0 Å². The Kier molecular flexibility index (Phi) is 10.2. The zero-order valence-corrected chi connectivity index (χ0v) is 31.6. The first-order valence-corrected chi connectivity index (χ1v) is 19.3. The third-order valence-electron chi connectivity index (χ3n) is 12.4. The van der Waals surface area contributed by atoms with Crippen LogP contribution >= 0.6 is 11.6 Å². The van der Waals surface area contributed by atoms with Crippen molar-refractivity contribution in [2.24, 2.45) is 23.7 Å². The second kappa shape index (κ2) is 14.7. The molecule has 9 rings (SSSR count). The molecule has 3 aromatic rings. The Morgan fingerprint density at radius 3 is 2.68 bits per heavy atom. The number of benzene rings is 2. The zero-order chi connectivity index (χ0) is 36.9. The molecule has 3 unspecified atom stereocenters. The van der Waals surface area contributed by atoms with Gasteiger partial charge in [0, 0.05) is 62.2 Å². The van der Waals surface area contributed by atoms with Gasteiger partial charge in [-0.1, -0.05) is 25.4 Å². The number of halogens is 2. The minimum absolute atomic E-state index is 0.0168. The minimum Gasteiger partial charge on any atom is -0.493 e. The van der Waals surface area contributed by atoms with Crippen molar-refractivity contribution in [1.82, 2.24) is 19.8 Å². The van der Waals surface area contributed by atoms with Crippen molar-refractivity contribution in [2.75, 3.05) is 51.8 Å². The molecule has 6 aliphatic rings. The van der Waals surface area contributed by atoms with E-state index in [9.17, 15) is 9.18 Å². The molecule has 5 aliphatic heterocycles. The second-order valence-corrected chi connectivity index (χ2v) is 16.0. The summed E-state index contributed by atoms with van der Waals surface area (Å²) >= 11 is 5.99. The molecule has 1 aromatic heterocycles. The fourth-order valence-electron chi connectivity index (χ4n) is 9.35. The molecule has 1 amide bonds. The maximum atomic E-state index is 13.7. The topological polar surface area (TPSA) is 117 Å². The molecule has 286 valence electrons. The Labute approximate surface area is 314 Å². The second-order valence-electron chi connectivity index (χ2n) is 15.6. The predicted molar refractivity (Wildman–Crippen MR) is 195 cm³/mol. The lowest BCUT2D eigenvalue weighted by atomic mass is 9.57. The van der Waals surface area contributed by atoms with Crippen LogP contribution in [0.4, 0.5) is 15.9 Å². The molecule has 2 bridgehead atoms. The Morgan fingerprint density at radius 2 is 1.89 bits per heavy atom. The van der Waals surface area contributed by atoms with E-state index in [1.54, 1.807) is 13.2 Å². The number of anilines is 2. The third kappa shape index (κ3) is 6.93. The van der Waals surface area contributed by atoms with Crippen LogP contribution in [0.1, 0.15) is 59.3 Å². The van der Waals surface area contributed by atoms with E-state index in [1.807, 2.05) is 24.0 Å². The molecule has 1 spiro atoms. The Bertz CT molecular complexity index is 1830. The number of hydrogen-bond acceptors (Lipinski definition) is 11. The monoisotopic (exact) mass is 753 g/mol. The summed E-state index contributed by atoms with van der Waals surface area (Å²) in [5, 5.41) is 3.94. The zero-order valence-electron chi connectivity index (χ0n) is 30.8. The number of carbonyl (C=O) groups excluding carboxylic acids is 1. The lowest BCUT2D eigenvalue weighted by molar-refractivity contribution is -0.570. The summed E-state index contributed by atoms with van der Waals surface area (Å²) in [5.41, 5.74) is 0.649. The normalized spacial score (nSPS) is 32.6. The van der Waals surface area contributed by atoms with Gasteiger partial charge >= 0.3 is 0 Å². The molecule has 6 heterocycles. The number of piperazine rings is 1. The van der Waals surface area contributed by atoms with E-state index in [0.717, 1.165) is 57.1 Å². The predicted octanol–water partition coefficient (Wildman–Crippen LogP) is 6.73. The lowest BCUT2D eigenvalue weighted by Gasteiger charge is -2.60. The quantitative estimate of drug-likeness (QED) is 0.176. The molecular weight excluding hydrogens is 705 g/mol. The highest BCUT2D eigenvalue weighted by Crippen LogP contribution is 2.60. The van der Waals surface area contributed by atoms with Gasteiger partial charge in [-0.3, -0.25) is 9.69 Å². The van der Waals surface area contributed by atoms with Crippen molar-refractivity contribution >= 4 is 39.9 Å². The van der Waals surface area contributed by atoms with Crippen molar-refractivity contribution in [3.05, 3.63) is 47.5 Å². The Morgan fingerprint density at radius 1 is 1.06 bits per heavy atom. The summed E-state index contributed by atoms with van der Waals surface area (Å²) < 4.78 is 38.7. The molecule has 1 saturated carbocycles. The van der Waals surface area contributed by atoms with E-state index in [0.29, 0.717) is 66.5 Å². The number of amides is 1. The van der Waals surface area contributed by atoms with Crippen LogP contribution in [0.25, 0.3) is 10.9 Å². The fraction of sp³-hybridized carbons (Fsp3) is 0.615. The number of aromatic nitrogens is 2. The van der Waals surface area contributed by atoms with Crippen LogP contribution in [-0.2, 0) is 24.0 Å². The van der Waals surface area contributed by atoms with Crippen LogP contribution < -0.4 is 14.8 Å². The summed E-state index contributed by atoms with van der Waals surface area (Å²) in [4.78, 5) is 39.0. The summed E-state index contributed by atoms with van der Waals surface area (Å²) in [7, 11) is 1.59. The van der Waals surface area contributed by atoms with Gasteiger partial charge in [-0.05, 0) is 74.6 Å². The van der Waals surface area contributed by atoms with E-state index in [2.05, 4.69) is 34.0 Å². The molecule has 5 saturated heterocycles. The summed E-state index contributed by atoms with van der Waals surface area (Å²) in [6, 6.07) is 8.07. The molecule has 1 N–H and O–H groups in total. The Hall–Kier alpha value is -3.33. The van der Waals surface area contributed by atoms with Gasteiger partial charge < -0.3 is 29.2 Å². The summed E-state index contributed by atoms with van der Waals surface area (Å²) in [6.07, 6.45) is 5.74. The molecule has 8 atom stereocenters. The molecular formula is C39H49ClFN5O7. The maximum Gasteiger partial charge on any atom is 0.225 e. The number of nitrogens with one attached hydrogen (secondary N) is 1. The van der Waals surface area contributed by atoms with Gasteiger partial charge in [0.05, 0.1) is 36.8 Å². The summed E-state index contributed by atoms with van der Waals surface area (Å²) in [6.45, 7) is 10.7. The highest BCUT2D eigenvalue weighted by molar-refractivity contribution is 6.31.